The summed E-state index contributed by atoms with van der Waals surface area (Å²) in [4.78, 5) is 10.9. The minimum absolute atomic E-state index is 0.280. The van der Waals surface area contributed by atoms with Crippen LogP contribution in [0.2, 0.25) is 0 Å². The maximum Gasteiger partial charge on any atom is 0.335 e. The van der Waals surface area contributed by atoms with Crippen LogP contribution in [0.4, 0.5) is 0 Å². The van der Waals surface area contributed by atoms with Crippen LogP contribution in [-0.2, 0) is 11.5 Å². The van der Waals surface area contributed by atoms with Gasteiger partial charge in [-0.2, -0.15) is 11.8 Å². The molecule has 0 aliphatic carbocycles. The Balaban J connectivity index is 2.01. The van der Waals surface area contributed by atoms with Gasteiger partial charge in [0.25, 0.3) is 0 Å². The SMILES string of the molecule is CCSCc1nnc(SCc2cccc(C(=O)O)c2)n1N. The van der Waals surface area contributed by atoms with Crippen LogP contribution < -0.4 is 5.84 Å². The number of rotatable bonds is 7. The maximum absolute atomic E-state index is 10.9. The van der Waals surface area contributed by atoms with E-state index >= 15 is 0 Å². The molecule has 0 aliphatic rings. The molecule has 2 rings (SSSR count). The summed E-state index contributed by atoms with van der Waals surface area (Å²) in [5.74, 6) is 8.08. The summed E-state index contributed by atoms with van der Waals surface area (Å²) in [7, 11) is 0. The van der Waals surface area contributed by atoms with Crippen molar-refractivity contribution in [2.45, 2.75) is 23.6 Å². The van der Waals surface area contributed by atoms with E-state index in [1.807, 2.05) is 6.07 Å². The summed E-state index contributed by atoms with van der Waals surface area (Å²) < 4.78 is 1.49. The zero-order valence-corrected chi connectivity index (χ0v) is 13.2. The van der Waals surface area contributed by atoms with Gasteiger partial charge in [0.2, 0.25) is 5.16 Å². The van der Waals surface area contributed by atoms with E-state index in [4.69, 9.17) is 10.9 Å². The van der Waals surface area contributed by atoms with Crippen LogP contribution in [0.25, 0.3) is 0 Å². The van der Waals surface area contributed by atoms with Gasteiger partial charge < -0.3 is 10.9 Å². The highest BCUT2D eigenvalue weighted by Gasteiger charge is 2.10. The Labute approximate surface area is 131 Å². The van der Waals surface area contributed by atoms with Gasteiger partial charge in [-0.1, -0.05) is 30.8 Å². The van der Waals surface area contributed by atoms with Crippen molar-refractivity contribution in [2.75, 3.05) is 11.6 Å². The average molecular weight is 324 g/mol. The topological polar surface area (TPSA) is 94.0 Å². The Morgan fingerprint density at radius 1 is 1.38 bits per heavy atom. The van der Waals surface area contributed by atoms with Crippen molar-refractivity contribution < 1.29 is 9.90 Å². The van der Waals surface area contributed by atoms with Crippen molar-refractivity contribution in [2.24, 2.45) is 0 Å². The highest BCUT2D eigenvalue weighted by Crippen LogP contribution is 2.22. The third-order valence-electron chi connectivity index (χ3n) is 2.71. The molecule has 0 atom stereocenters. The Morgan fingerprint density at radius 2 is 2.19 bits per heavy atom. The standard InChI is InChI=1S/C13H16N4O2S2/c1-2-20-8-11-15-16-13(17(11)14)21-7-9-4-3-5-10(6-9)12(18)19/h3-6H,2,7-8,14H2,1H3,(H,18,19). The number of carbonyl (C=O) groups is 1. The Kier molecular flexibility index (Phi) is 5.51. The second-order valence-corrected chi connectivity index (χ2v) is 6.42. The van der Waals surface area contributed by atoms with E-state index in [2.05, 4.69) is 17.1 Å². The number of benzene rings is 1. The number of aromatic nitrogens is 3. The van der Waals surface area contributed by atoms with Crippen molar-refractivity contribution in [3.05, 3.63) is 41.2 Å². The number of aromatic carboxylic acids is 1. The number of hydrogen-bond donors (Lipinski definition) is 2. The van der Waals surface area contributed by atoms with Crippen LogP contribution in [0.15, 0.2) is 29.4 Å². The third-order valence-corrected chi connectivity index (χ3v) is 4.60. The van der Waals surface area contributed by atoms with Gasteiger partial charge in [0.05, 0.1) is 11.3 Å². The number of nitrogen functional groups attached to an aromatic ring is 1. The quantitative estimate of drug-likeness (QED) is 0.596. The molecule has 0 saturated heterocycles. The zero-order valence-electron chi connectivity index (χ0n) is 11.5. The fourth-order valence-electron chi connectivity index (χ4n) is 1.64. The normalized spacial score (nSPS) is 10.7. The molecule has 0 radical (unpaired) electrons. The van der Waals surface area contributed by atoms with E-state index in [1.165, 1.54) is 16.4 Å². The van der Waals surface area contributed by atoms with Gasteiger partial charge in [-0.15, -0.1) is 10.2 Å². The average Bonchev–Trinajstić information content (AvgIpc) is 2.84. The number of hydrogen-bond acceptors (Lipinski definition) is 6. The molecule has 112 valence electrons. The molecule has 0 saturated carbocycles. The number of nitrogens with two attached hydrogens (primary N) is 1. The van der Waals surface area contributed by atoms with E-state index in [0.717, 1.165) is 22.9 Å². The molecule has 1 heterocycles. The van der Waals surface area contributed by atoms with Crippen LogP contribution in [0.3, 0.4) is 0 Å². The number of carboxylic acid groups (broad SMARTS) is 1. The second-order valence-electron chi connectivity index (χ2n) is 4.20. The highest BCUT2D eigenvalue weighted by molar-refractivity contribution is 7.98. The van der Waals surface area contributed by atoms with Crippen molar-refractivity contribution in [3.63, 3.8) is 0 Å². The van der Waals surface area contributed by atoms with Gasteiger partial charge in [0, 0.05) is 5.75 Å². The Hall–Kier alpha value is -1.67. The van der Waals surface area contributed by atoms with Crippen LogP contribution in [0.1, 0.15) is 28.7 Å². The first kappa shape index (κ1) is 15.7. The molecule has 0 unspecified atom stereocenters. The molecule has 8 heteroatoms. The fourth-order valence-corrected chi connectivity index (χ4v) is 3.04. The monoisotopic (exact) mass is 324 g/mol. The summed E-state index contributed by atoms with van der Waals surface area (Å²) in [6.45, 7) is 2.08. The molecular weight excluding hydrogens is 308 g/mol. The molecule has 6 nitrogen and oxygen atoms in total. The second kappa shape index (κ2) is 7.37. The number of thioether (sulfide) groups is 2. The lowest BCUT2D eigenvalue weighted by Crippen LogP contribution is -2.13. The first-order valence-corrected chi connectivity index (χ1v) is 8.48. The van der Waals surface area contributed by atoms with Crippen LogP contribution in [-0.4, -0.2) is 31.7 Å². The minimum atomic E-state index is -0.928. The molecule has 0 spiro atoms. The van der Waals surface area contributed by atoms with E-state index in [1.54, 1.807) is 30.0 Å². The molecule has 0 aliphatic heterocycles. The number of nitrogens with zero attached hydrogens (tertiary/aromatic N) is 3. The van der Waals surface area contributed by atoms with Crippen molar-refractivity contribution in [1.82, 2.24) is 14.9 Å². The summed E-state index contributed by atoms with van der Waals surface area (Å²) in [6.07, 6.45) is 0. The van der Waals surface area contributed by atoms with Gasteiger partial charge >= 0.3 is 5.97 Å². The van der Waals surface area contributed by atoms with E-state index < -0.39 is 5.97 Å². The first-order chi connectivity index (χ1) is 10.1. The molecule has 0 amide bonds. The first-order valence-electron chi connectivity index (χ1n) is 6.34. The molecular formula is C13H16N4O2S2. The van der Waals surface area contributed by atoms with Gasteiger partial charge in [-0.25, -0.2) is 9.47 Å². The molecule has 0 bridgehead atoms. The fraction of sp³-hybridized carbons (Fsp3) is 0.308. The molecule has 3 N–H and O–H groups in total. The lowest BCUT2D eigenvalue weighted by Gasteiger charge is -2.04. The molecule has 0 fully saturated rings. The van der Waals surface area contributed by atoms with Crippen LogP contribution >= 0.6 is 23.5 Å². The third kappa shape index (κ3) is 4.15. The van der Waals surface area contributed by atoms with Crippen molar-refractivity contribution in [1.29, 1.82) is 0 Å². The van der Waals surface area contributed by atoms with E-state index in [0.29, 0.717) is 10.9 Å². The van der Waals surface area contributed by atoms with Gasteiger partial charge in [-0.3, -0.25) is 0 Å². The molecule has 1 aromatic heterocycles. The van der Waals surface area contributed by atoms with Crippen LogP contribution in [0.5, 0.6) is 0 Å². The van der Waals surface area contributed by atoms with Crippen molar-refractivity contribution >= 4 is 29.5 Å². The lowest BCUT2D eigenvalue weighted by atomic mass is 10.1. The van der Waals surface area contributed by atoms with Gasteiger partial charge in [0.15, 0.2) is 5.82 Å². The maximum atomic E-state index is 10.9. The Morgan fingerprint density at radius 3 is 2.90 bits per heavy atom. The zero-order chi connectivity index (χ0) is 15.2. The van der Waals surface area contributed by atoms with Crippen LogP contribution in [0, 0.1) is 0 Å². The smallest absolute Gasteiger partial charge is 0.335 e. The predicted molar refractivity (Wildman–Crippen MR) is 85.0 cm³/mol. The highest BCUT2D eigenvalue weighted by atomic mass is 32.2. The summed E-state index contributed by atoms with van der Waals surface area (Å²) in [6, 6.07) is 6.84. The molecule has 21 heavy (non-hydrogen) atoms. The summed E-state index contributed by atoms with van der Waals surface area (Å²) in [5, 5.41) is 17.7. The molecule has 1 aromatic carbocycles. The van der Waals surface area contributed by atoms with E-state index in [-0.39, 0.29) is 5.56 Å². The van der Waals surface area contributed by atoms with E-state index in [9.17, 15) is 4.79 Å². The lowest BCUT2D eigenvalue weighted by molar-refractivity contribution is 0.0697. The molecule has 2 aromatic rings. The van der Waals surface area contributed by atoms with Gasteiger partial charge in [0.1, 0.15) is 0 Å². The number of carboxylic acids is 1. The summed E-state index contributed by atoms with van der Waals surface area (Å²) in [5.41, 5.74) is 1.19. The predicted octanol–water partition coefficient (Wildman–Crippen LogP) is 2.24. The minimum Gasteiger partial charge on any atom is -0.478 e. The Bertz CT molecular complexity index is 630. The largest absolute Gasteiger partial charge is 0.478 e. The van der Waals surface area contributed by atoms with Gasteiger partial charge in [-0.05, 0) is 23.4 Å². The summed E-state index contributed by atoms with van der Waals surface area (Å²) >= 11 is 3.17. The van der Waals surface area contributed by atoms with Crippen molar-refractivity contribution in [3.8, 4) is 0 Å².